The lowest BCUT2D eigenvalue weighted by molar-refractivity contribution is 0.0953. The predicted octanol–water partition coefficient (Wildman–Crippen LogP) is 4.99. The number of carbonyl (C=O) groups excluding carboxylic acids is 2. The Morgan fingerprint density at radius 2 is 1.75 bits per heavy atom. The molecule has 0 atom stereocenters. The second-order valence-electron chi connectivity index (χ2n) is 5.78. The van der Waals surface area contributed by atoms with Crippen LogP contribution in [0.3, 0.4) is 0 Å². The lowest BCUT2D eigenvalue weighted by Gasteiger charge is -2.07. The molecule has 3 rings (SSSR count). The van der Waals surface area contributed by atoms with Crippen molar-refractivity contribution in [2.45, 2.75) is 6.92 Å². The Kier molecular flexibility index (Phi) is 6.13. The van der Waals surface area contributed by atoms with Gasteiger partial charge in [-0.25, -0.2) is 5.43 Å². The molecule has 0 saturated heterocycles. The summed E-state index contributed by atoms with van der Waals surface area (Å²) in [4.78, 5) is 24.3. The van der Waals surface area contributed by atoms with E-state index in [1.807, 2.05) is 6.07 Å². The normalized spacial score (nSPS) is 11.2. The quantitative estimate of drug-likeness (QED) is 0.454. The number of anilines is 1. The maximum atomic E-state index is 12.2. The fourth-order valence-electron chi connectivity index (χ4n) is 2.32. The second-order valence-corrected chi connectivity index (χ2v) is 6.59. The summed E-state index contributed by atoms with van der Waals surface area (Å²) in [5.74, 6) is -0.561. The van der Waals surface area contributed by atoms with Crippen LogP contribution >= 0.6 is 23.2 Å². The van der Waals surface area contributed by atoms with Crippen molar-refractivity contribution < 1.29 is 14.0 Å². The smallest absolute Gasteiger partial charge is 0.291 e. The first-order chi connectivity index (χ1) is 13.4. The number of furan rings is 1. The van der Waals surface area contributed by atoms with Gasteiger partial charge in [-0.2, -0.15) is 5.10 Å². The molecule has 142 valence electrons. The highest BCUT2D eigenvalue weighted by molar-refractivity contribution is 6.42. The van der Waals surface area contributed by atoms with Gasteiger partial charge in [-0.3, -0.25) is 9.59 Å². The molecule has 1 aromatic heterocycles. The minimum Gasteiger partial charge on any atom is -0.459 e. The standard InChI is InChI=1S/C20H15Cl2N3O3/c1-12(24-25-19(26)14-7-8-16(21)17(22)11-14)13-4-2-5-15(10-13)23-20(27)18-6-3-9-28-18/h2-11H,1H3,(H,23,27)(H,25,26)/b24-12+. The van der Waals surface area contributed by atoms with Crippen molar-refractivity contribution in [3.8, 4) is 0 Å². The Balaban J connectivity index is 1.69. The SMILES string of the molecule is C/C(=N\NC(=O)c1ccc(Cl)c(Cl)c1)c1cccc(NC(=O)c2ccco2)c1. The molecule has 0 fully saturated rings. The minimum atomic E-state index is -0.416. The molecule has 0 aliphatic carbocycles. The summed E-state index contributed by atoms with van der Waals surface area (Å²) in [6.45, 7) is 1.74. The van der Waals surface area contributed by atoms with Crippen LogP contribution in [0.25, 0.3) is 0 Å². The summed E-state index contributed by atoms with van der Waals surface area (Å²) >= 11 is 11.8. The number of rotatable bonds is 5. The van der Waals surface area contributed by atoms with E-state index in [-0.39, 0.29) is 16.7 Å². The highest BCUT2D eigenvalue weighted by Gasteiger charge is 2.10. The molecule has 8 heteroatoms. The number of carbonyl (C=O) groups is 2. The van der Waals surface area contributed by atoms with Gasteiger partial charge in [0.2, 0.25) is 0 Å². The molecule has 3 aromatic rings. The number of benzene rings is 2. The van der Waals surface area contributed by atoms with Crippen LogP contribution in [0.4, 0.5) is 5.69 Å². The van der Waals surface area contributed by atoms with Crippen LogP contribution in [-0.4, -0.2) is 17.5 Å². The first-order valence-corrected chi connectivity index (χ1v) is 8.94. The summed E-state index contributed by atoms with van der Waals surface area (Å²) in [6.07, 6.45) is 1.43. The zero-order valence-corrected chi connectivity index (χ0v) is 16.2. The Bertz CT molecular complexity index is 1050. The van der Waals surface area contributed by atoms with Gasteiger partial charge in [0.1, 0.15) is 0 Å². The first-order valence-electron chi connectivity index (χ1n) is 8.19. The van der Waals surface area contributed by atoms with E-state index in [9.17, 15) is 9.59 Å². The number of nitrogens with one attached hydrogen (secondary N) is 2. The molecule has 0 radical (unpaired) electrons. The van der Waals surface area contributed by atoms with Gasteiger partial charge >= 0.3 is 0 Å². The molecule has 2 N–H and O–H groups in total. The number of nitrogens with zero attached hydrogens (tertiary/aromatic N) is 1. The fraction of sp³-hybridized carbons (Fsp3) is 0.0500. The molecule has 2 amide bonds. The monoisotopic (exact) mass is 415 g/mol. The van der Waals surface area contributed by atoms with Crippen LogP contribution in [0.1, 0.15) is 33.4 Å². The molecule has 0 saturated carbocycles. The third-order valence-electron chi connectivity index (χ3n) is 3.79. The van der Waals surface area contributed by atoms with E-state index in [4.69, 9.17) is 27.6 Å². The Hall–Kier alpha value is -3.09. The van der Waals surface area contributed by atoms with Crippen molar-refractivity contribution in [3.05, 3.63) is 87.8 Å². The maximum Gasteiger partial charge on any atom is 0.291 e. The molecule has 6 nitrogen and oxygen atoms in total. The third kappa shape index (κ3) is 4.79. The molecule has 0 aliphatic rings. The molecule has 0 spiro atoms. The highest BCUT2D eigenvalue weighted by Crippen LogP contribution is 2.22. The third-order valence-corrected chi connectivity index (χ3v) is 4.53. The topological polar surface area (TPSA) is 83.7 Å². The summed E-state index contributed by atoms with van der Waals surface area (Å²) < 4.78 is 5.07. The average Bonchev–Trinajstić information content (AvgIpc) is 3.23. The highest BCUT2D eigenvalue weighted by atomic mass is 35.5. The lowest BCUT2D eigenvalue weighted by atomic mass is 10.1. The molecule has 2 aromatic carbocycles. The molecule has 0 unspecified atom stereocenters. The number of hydrogen-bond acceptors (Lipinski definition) is 4. The second kappa shape index (κ2) is 8.73. The van der Waals surface area contributed by atoms with Crippen molar-refractivity contribution in [2.75, 3.05) is 5.32 Å². The lowest BCUT2D eigenvalue weighted by Crippen LogP contribution is -2.19. The van der Waals surface area contributed by atoms with Gasteiger partial charge in [0.05, 0.1) is 22.0 Å². The Labute approximate surface area is 171 Å². The fourth-order valence-corrected chi connectivity index (χ4v) is 2.62. The van der Waals surface area contributed by atoms with Crippen molar-refractivity contribution in [3.63, 3.8) is 0 Å². The van der Waals surface area contributed by atoms with E-state index in [1.165, 1.54) is 12.3 Å². The van der Waals surface area contributed by atoms with Gasteiger partial charge in [-0.1, -0.05) is 35.3 Å². The average molecular weight is 416 g/mol. The van der Waals surface area contributed by atoms with Gasteiger partial charge in [0.15, 0.2) is 5.76 Å². The number of hydrogen-bond donors (Lipinski definition) is 2. The summed E-state index contributed by atoms with van der Waals surface area (Å²) in [5.41, 5.74) is 4.67. The first kappa shape index (κ1) is 19.7. The molecule has 0 aliphatic heterocycles. The molecule has 1 heterocycles. The van der Waals surface area contributed by atoms with Crippen molar-refractivity contribution in [1.82, 2.24) is 5.43 Å². The number of hydrazone groups is 1. The number of halogens is 2. The van der Waals surface area contributed by atoms with Crippen LogP contribution in [0.15, 0.2) is 70.4 Å². The minimum absolute atomic E-state index is 0.213. The van der Waals surface area contributed by atoms with E-state index in [2.05, 4.69) is 15.8 Å². The van der Waals surface area contributed by atoms with Crippen LogP contribution in [0.5, 0.6) is 0 Å². The molecule has 0 bridgehead atoms. The van der Waals surface area contributed by atoms with Gasteiger partial charge in [0.25, 0.3) is 11.8 Å². The van der Waals surface area contributed by atoms with Crippen LogP contribution in [0.2, 0.25) is 10.0 Å². The molecular formula is C20H15Cl2N3O3. The van der Waals surface area contributed by atoms with E-state index in [0.29, 0.717) is 22.0 Å². The maximum absolute atomic E-state index is 12.2. The van der Waals surface area contributed by atoms with E-state index in [0.717, 1.165) is 5.56 Å². The van der Waals surface area contributed by atoms with E-state index >= 15 is 0 Å². The number of amides is 2. The predicted molar refractivity (Wildman–Crippen MR) is 109 cm³/mol. The van der Waals surface area contributed by atoms with Crippen LogP contribution in [-0.2, 0) is 0 Å². The molecule has 28 heavy (non-hydrogen) atoms. The molecular weight excluding hydrogens is 401 g/mol. The zero-order chi connectivity index (χ0) is 20.1. The van der Waals surface area contributed by atoms with Gasteiger partial charge in [-0.05, 0) is 55.0 Å². The summed E-state index contributed by atoms with van der Waals surface area (Å²) in [6, 6.07) is 14.8. The van der Waals surface area contributed by atoms with E-state index < -0.39 is 5.91 Å². The summed E-state index contributed by atoms with van der Waals surface area (Å²) in [7, 11) is 0. The Morgan fingerprint density at radius 3 is 2.46 bits per heavy atom. The van der Waals surface area contributed by atoms with Crippen molar-refractivity contribution >= 4 is 46.4 Å². The van der Waals surface area contributed by atoms with Crippen molar-refractivity contribution in [2.24, 2.45) is 5.10 Å². The van der Waals surface area contributed by atoms with Crippen molar-refractivity contribution in [1.29, 1.82) is 0 Å². The van der Waals surface area contributed by atoms with Crippen LogP contribution < -0.4 is 10.7 Å². The Morgan fingerprint density at radius 1 is 0.929 bits per heavy atom. The zero-order valence-electron chi connectivity index (χ0n) is 14.7. The summed E-state index contributed by atoms with van der Waals surface area (Å²) in [5, 5.41) is 7.50. The van der Waals surface area contributed by atoms with E-state index in [1.54, 1.807) is 49.4 Å². The van der Waals surface area contributed by atoms with Gasteiger partial charge < -0.3 is 9.73 Å². The van der Waals surface area contributed by atoms with Gasteiger partial charge in [-0.15, -0.1) is 0 Å². The van der Waals surface area contributed by atoms with Crippen LogP contribution in [0, 0.1) is 0 Å². The largest absolute Gasteiger partial charge is 0.459 e. The van der Waals surface area contributed by atoms with Gasteiger partial charge in [0, 0.05) is 11.3 Å².